The van der Waals surface area contributed by atoms with Crippen molar-refractivity contribution in [3.8, 4) is 17.0 Å². The second-order valence-electron chi connectivity index (χ2n) is 7.91. The van der Waals surface area contributed by atoms with E-state index in [-0.39, 0.29) is 24.8 Å². The minimum Gasteiger partial charge on any atom is -0.467 e. The lowest BCUT2D eigenvalue weighted by Crippen LogP contribution is -2.56. The van der Waals surface area contributed by atoms with Crippen LogP contribution in [0.25, 0.3) is 11.3 Å². The first kappa shape index (κ1) is 21.3. The lowest BCUT2D eigenvalue weighted by Gasteiger charge is -2.39. The molecule has 2 fully saturated rings. The minimum absolute atomic E-state index is 0.0905. The molecule has 2 aromatic rings. The van der Waals surface area contributed by atoms with Crippen LogP contribution in [0.3, 0.4) is 0 Å². The molecule has 2 bridgehead atoms. The Hall–Kier alpha value is -1.94. The molecule has 7 nitrogen and oxygen atoms in total. The average Bonchev–Trinajstić information content (AvgIpc) is 3.30. The van der Waals surface area contributed by atoms with Crippen LogP contribution in [0.2, 0.25) is 11.8 Å². The maximum atomic E-state index is 15.1. The molecule has 0 radical (unpaired) electrons. The molecule has 1 N–H and O–H groups in total. The summed E-state index contributed by atoms with van der Waals surface area (Å²) < 4.78 is 25.7. The highest BCUT2D eigenvalue weighted by atomic mass is 35.5. The lowest BCUT2D eigenvalue weighted by atomic mass is 9.81. The fraction of sp³-hybridized carbons (Fsp3) is 0.500. The largest absolute Gasteiger partial charge is 0.467 e. The molecule has 1 saturated heterocycles. The third kappa shape index (κ3) is 3.87. The molecule has 0 amide bonds. The Morgan fingerprint density at radius 1 is 1.33 bits per heavy atom. The third-order valence-electron chi connectivity index (χ3n) is 6.08. The van der Waals surface area contributed by atoms with Gasteiger partial charge in [-0.2, -0.15) is 0 Å². The Labute approximate surface area is 180 Å². The Morgan fingerprint density at radius 3 is 2.77 bits per heavy atom. The standard InChI is InChI=1S/C20H25BClFN4O3/c1-21(28)27-10-12-8-16(27)19(23)20(12)26(2)18-7-6-15(24-25-18)14-5-4-13(22)9-17(14)30-11-29-3/h4-7,9,12,16,19-20,28H,8,10-11H2,1-3H3/t12?,16?,19-,20-/m1/s1. The van der Waals surface area contributed by atoms with Gasteiger partial charge in [-0.1, -0.05) is 11.6 Å². The van der Waals surface area contributed by atoms with Gasteiger partial charge in [-0.25, -0.2) is 4.39 Å². The summed E-state index contributed by atoms with van der Waals surface area (Å²) in [5.41, 5.74) is 1.37. The van der Waals surface area contributed by atoms with Gasteiger partial charge in [0.1, 0.15) is 11.9 Å². The smallest absolute Gasteiger partial charge is 0.376 e. The van der Waals surface area contributed by atoms with Gasteiger partial charge in [-0.05, 0) is 56.0 Å². The van der Waals surface area contributed by atoms with E-state index in [0.717, 1.165) is 12.0 Å². The van der Waals surface area contributed by atoms with Crippen molar-refractivity contribution in [1.29, 1.82) is 0 Å². The van der Waals surface area contributed by atoms with E-state index in [4.69, 9.17) is 21.1 Å². The van der Waals surface area contributed by atoms with Crippen LogP contribution in [-0.2, 0) is 4.74 Å². The summed E-state index contributed by atoms with van der Waals surface area (Å²) in [4.78, 5) is 3.71. The number of aromatic nitrogens is 2. The Morgan fingerprint density at radius 2 is 2.13 bits per heavy atom. The van der Waals surface area contributed by atoms with Gasteiger partial charge in [0.25, 0.3) is 0 Å². The molecule has 30 heavy (non-hydrogen) atoms. The van der Waals surface area contributed by atoms with Crippen molar-refractivity contribution in [3.05, 3.63) is 35.4 Å². The highest BCUT2D eigenvalue weighted by Gasteiger charge is 2.55. The number of rotatable bonds is 7. The number of hydrogen-bond donors (Lipinski definition) is 1. The number of methoxy groups -OCH3 is 1. The van der Waals surface area contributed by atoms with Gasteiger partial charge in [0.15, 0.2) is 12.6 Å². The predicted octanol–water partition coefficient (Wildman–Crippen LogP) is 2.74. The van der Waals surface area contributed by atoms with Crippen molar-refractivity contribution >= 4 is 24.5 Å². The lowest BCUT2D eigenvalue weighted by molar-refractivity contribution is 0.0515. The van der Waals surface area contributed by atoms with Crippen LogP contribution in [0.1, 0.15) is 6.42 Å². The van der Waals surface area contributed by atoms with Gasteiger partial charge in [-0.3, -0.25) is 0 Å². The zero-order valence-electron chi connectivity index (χ0n) is 17.2. The Kier molecular flexibility index (Phi) is 6.15. The van der Waals surface area contributed by atoms with Crippen molar-refractivity contribution in [2.75, 3.05) is 32.4 Å². The van der Waals surface area contributed by atoms with Gasteiger partial charge in [0.2, 0.25) is 0 Å². The maximum absolute atomic E-state index is 15.1. The van der Waals surface area contributed by atoms with E-state index in [2.05, 4.69) is 10.2 Å². The first-order chi connectivity index (χ1) is 14.4. The molecule has 160 valence electrons. The third-order valence-corrected chi connectivity index (χ3v) is 6.32. The normalized spacial score (nSPS) is 25.5. The molecule has 1 aromatic carbocycles. The second-order valence-corrected chi connectivity index (χ2v) is 8.34. The average molecular weight is 435 g/mol. The summed E-state index contributed by atoms with van der Waals surface area (Å²) in [5.74, 6) is 1.31. The summed E-state index contributed by atoms with van der Waals surface area (Å²) in [5, 5.41) is 19.1. The van der Waals surface area contributed by atoms with E-state index in [1.165, 1.54) is 0 Å². The zero-order chi connectivity index (χ0) is 21.4. The van der Waals surface area contributed by atoms with Crippen LogP contribution in [0.15, 0.2) is 30.3 Å². The number of piperidine rings is 1. The monoisotopic (exact) mass is 434 g/mol. The highest BCUT2D eigenvalue weighted by molar-refractivity contribution is 6.45. The number of halogens is 2. The van der Waals surface area contributed by atoms with E-state index in [1.807, 2.05) is 35.0 Å². The first-order valence-electron chi connectivity index (χ1n) is 9.96. The van der Waals surface area contributed by atoms with Gasteiger partial charge >= 0.3 is 7.05 Å². The van der Waals surface area contributed by atoms with Crippen molar-refractivity contribution < 1.29 is 18.9 Å². The number of anilines is 1. The molecular weight excluding hydrogens is 410 g/mol. The van der Waals surface area contributed by atoms with Crippen LogP contribution in [-0.4, -0.2) is 72.8 Å². The fourth-order valence-corrected chi connectivity index (χ4v) is 4.86. The molecule has 2 unspecified atom stereocenters. The number of alkyl halides is 1. The molecular formula is C20H25BClFN4O3. The first-order valence-corrected chi connectivity index (χ1v) is 10.3. The summed E-state index contributed by atoms with van der Waals surface area (Å²) in [6.45, 7) is 2.47. The SMILES string of the molecule is COCOc1cc(Cl)ccc1-c1ccc(N(C)[C@@H]2C3CC([C@H]2F)N(B(C)O)C3)nn1. The molecule has 1 aliphatic heterocycles. The van der Waals surface area contributed by atoms with Crippen LogP contribution in [0, 0.1) is 5.92 Å². The van der Waals surface area contributed by atoms with Crippen molar-refractivity contribution in [2.45, 2.75) is 31.5 Å². The molecule has 1 aromatic heterocycles. The topological polar surface area (TPSA) is 71.0 Å². The number of ether oxygens (including phenoxy) is 2. The Balaban J connectivity index is 1.52. The molecule has 4 rings (SSSR count). The van der Waals surface area contributed by atoms with Gasteiger partial charge in [0, 0.05) is 30.8 Å². The summed E-state index contributed by atoms with van der Waals surface area (Å²) in [6, 6.07) is 8.43. The molecule has 10 heteroatoms. The van der Waals surface area contributed by atoms with Crippen molar-refractivity contribution in [3.63, 3.8) is 0 Å². The number of fused-ring (bicyclic) bond motifs is 2. The van der Waals surface area contributed by atoms with Gasteiger partial charge < -0.3 is 24.2 Å². The van der Waals surface area contributed by atoms with Crippen molar-refractivity contribution in [2.24, 2.45) is 5.92 Å². The van der Waals surface area contributed by atoms with Gasteiger partial charge in [-0.15, -0.1) is 10.2 Å². The molecule has 2 heterocycles. The molecule has 1 saturated carbocycles. The number of hydrogen-bond acceptors (Lipinski definition) is 7. The second kappa shape index (κ2) is 8.67. The molecule has 2 aliphatic rings. The minimum atomic E-state index is -1.05. The fourth-order valence-electron chi connectivity index (χ4n) is 4.69. The molecule has 0 spiro atoms. The highest BCUT2D eigenvalue weighted by Crippen LogP contribution is 2.43. The van der Waals surface area contributed by atoms with Crippen molar-refractivity contribution in [1.82, 2.24) is 15.0 Å². The zero-order valence-corrected chi connectivity index (χ0v) is 18.0. The number of nitrogens with zero attached hydrogens (tertiary/aromatic N) is 4. The van der Waals surface area contributed by atoms with E-state index in [1.54, 1.807) is 26.1 Å². The van der Waals surface area contributed by atoms with E-state index in [0.29, 0.717) is 28.8 Å². The summed E-state index contributed by atoms with van der Waals surface area (Å²) in [7, 11) is 2.77. The van der Waals surface area contributed by atoms with Crippen LogP contribution < -0.4 is 9.64 Å². The Bertz CT molecular complexity index is 889. The quantitative estimate of drug-likeness (QED) is 0.531. The molecule has 1 aliphatic carbocycles. The summed E-state index contributed by atoms with van der Waals surface area (Å²) in [6.07, 6.45) is -0.299. The molecule has 4 atom stereocenters. The van der Waals surface area contributed by atoms with Crippen LogP contribution >= 0.6 is 11.6 Å². The number of benzene rings is 1. The van der Waals surface area contributed by atoms with Gasteiger partial charge in [0.05, 0.1) is 11.7 Å². The maximum Gasteiger partial charge on any atom is 0.376 e. The summed E-state index contributed by atoms with van der Waals surface area (Å²) >= 11 is 6.08. The van der Waals surface area contributed by atoms with E-state index >= 15 is 4.39 Å². The predicted molar refractivity (Wildman–Crippen MR) is 115 cm³/mol. The van der Waals surface area contributed by atoms with Crippen LogP contribution in [0.5, 0.6) is 5.75 Å². The van der Waals surface area contributed by atoms with Crippen LogP contribution in [0.4, 0.5) is 10.2 Å². The van der Waals surface area contributed by atoms with E-state index < -0.39 is 13.2 Å². The van der Waals surface area contributed by atoms with E-state index in [9.17, 15) is 5.02 Å².